The Labute approximate surface area is 282 Å². The fraction of sp³-hybridized carbons (Fsp3) is 0.882. The molecule has 0 aromatic heterocycles. The summed E-state index contributed by atoms with van der Waals surface area (Å²) in [6.45, 7) is 29.4. The van der Waals surface area contributed by atoms with E-state index in [0.29, 0.717) is 0 Å². The summed E-state index contributed by atoms with van der Waals surface area (Å²) in [7, 11) is 0. The third kappa shape index (κ3) is 19.9. The van der Waals surface area contributed by atoms with Gasteiger partial charge in [0.15, 0.2) is 24.4 Å². The molecule has 0 aromatic carbocycles. The molecule has 0 aliphatic carbocycles. The van der Waals surface area contributed by atoms with E-state index in [-0.39, 0.29) is 13.2 Å². The molecular weight excluding hydrogens is 614 g/mol. The van der Waals surface area contributed by atoms with Crippen LogP contribution in [0, 0.1) is 0 Å². The van der Waals surface area contributed by atoms with Gasteiger partial charge in [-0.2, -0.15) is 0 Å². The third-order valence-corrected chi connectivity index (χ3v) is 5.57. The molecule has 276 valence electrons. The monoisotopic (exact) mass is 677 g/mol. The summed E-state index contributed by atoms with van der Waals surface area (Å²) in [6, 6.07) is 0. The first-order chi connectivity index (χ1) is 20.8. The molecule has 6 unspecified atom stereocenters. The van der Waals surface area contributed by atoms with E-state index in [1.807, 2.05) is 0 Å². The molecule has 0 saturated heterocycles. The lowest BCUT2D eigenvalue weighted by Crippen LogP contribution is -2.64. The Morgan fingerprint density at radius 1 is 0.426 bits per heavy atom. The minimum absolute atomic E-state index is 0.304. The van der Waals surface area contributed by atoms with Crippen LogP contribution in [-0.4, -0.2) is 95.4 Å². The summed E-state index contributed by atoms with van der Waals surface area (Å²) < 4.78 is 46.1. The van der Waals surface area contributed by atoms with Crippen LogP contribution in [0.1, 0.15) is 125 Å². The Bertz CT molecular complexity index is 967. The first-order valence-corrected chi connectivity index (χ1v) is 16.0. The molecule has 0 aliphatic rings. The van der Waals surface area contributed by atoms with Crippen LogP contribution in [0.5, 0.6) is 0 Å². The van der Waals surface area contributed by atoms with Gasteiger partial charge in [-0.25, -0.2) is 19.2 Å². The maximum atomic E-state index is 13.0. The lowest BCUT2D eigenvalue weighted by molar-refractivity contribution is -0.232. The molecule has 0 heterocycles. The van der Waals surface area contributed by atoms with Crippen molar-refractivity contribution in [2.45, 2.75) is 183 Å². The van der Waals surface area contributed by atoms with E-state index in [2.05, 4.69) is 5.32 Å². The van der Waals surface area contributed by atoms with Gasteiger partial charge in [-0.3, -0.25) is 5.32 Å². The number of ether oxygens (including phenoxy) is 8. The van der Waals surface area contributed by atoms with E-state index in [1.54, 1.807) is 96.9 Å². The highest BCUT2D eigenvalue weighted by atomic mass is 16.6. The first-order valence-electron chi connectivity index (χ1n) is 16.0. The largest absolute Gasteiger partial charge is 0.458 e. The zero-order chi connectivity index (χ0) is 37.4. The van der Waals surface area contributed by atoms with Crippen molar-refractivity contribution in [3.05, 3.63) is 0 Å². The molecule has 0 amide bonds. The predicted molar refractivity (Wildman–Crippen MR) is 175 cm³/mol. The van der Waals surface area contributed by atoms with Gasteiger partial charge in [0.05, 0.1) is 13.2 Å². The zero-order valence-corrected chi connectivity index (χ0v) is 32.1. The quantitative estimate of drug-likeness (QED) is 0.133. The molecule has 6 atom stereocenters. The standard InChI is InChI=1S/C34H63NO12/c1-21(25(36)44-29(5,6)7)40-19-33(17,42-23(3)27(38)46-31(11,12)13)35-34(18,43-24(4)28(39)47-32(14,15)16)20-41-22(2)26(37)45-30(8,9)10/h21-24,35H,19-20H2,1-18H3. The summed E-state index contributed by atoms with van der Waals surface area (Å²) in [6.07, 6.45) is -4.29. The van der Waals surface area contributed by atoms with Gasteiger partial charge in [-0.05, 0) is 125 Å². The van der Waals surface area contributed by atoms with Crippen molar-refractivity contribution in [3.8, 4) is 0 Å². The van der Waals surface area contributed by atoms with E-state index in [0.717, 1.165) is 0 Å². The van der Waals surface area contributed by atoms with Crippen LogP contribution >= 0.6 is 0 Å². The molecule has 13 heteroatoms. The van der Waals surface area contributed by atoms with Crippen LogP contribution in [0.25, 0.3) is 0 Å². The van der Waals surface area contributed by atoms with E-state index in [1.165, 1.54) is 27.7 Å². The van der Waals surface area contributed by atoms with Gasteiger partial charge in [-0.15, -0.1) is 0 Å². The Morgan fingerprint density at radius 2 is 0.638 bits per heavy atom. The van der Waals surface area contributed by atoms with Gasteiger partial charge in [-0.1, -0.05) is 0 Å². The van der Waals surface area contributed by atoms with Crippen LogP contribution < -0.4 is 5.32 Å². The van der Waals surface area contributed by atoms with E-state index in [9.17, 15) is 19.2 Å². The Hall–Kier alpha value is -2.32. The summed E-state index contributed by atoms with van der Waals surface area (Å²) in [5, 5.41) is 3.17. The number of hydrogen-bond donors (Lipinski definition) is 1. The molecule has 0 fully saturated rings. The van der Waals surface area contributed by atoms with Gasteiger partial charge in [0.25, 0.3) is 0 Å². The summed E-state index contributed by atoms with van der Waals surface area (Å²) in [4.78, 5) is 51.3. The predicted octanol–water partition coefficient (Wildman–Crippen LogP) is 5.00. The highest BCUT2D eigenvalue weighted by Gasteiger charge is 2.43. The molecule has 0 radical (unpaired) electrons. The normalized spacial score (nSPS) is 18.1. The molecule has 47 heavy (non-hydrogen) atoms. The highest BCUT2D eigenvalue weighted by Crippen LogP contribution is 2.24. The van der Waals surface area contributed by atoms with Crippen molar-refractivity contribution in [2.24, 2.45) is 0 Å². The molecule has 0 bridgehead atoms. The second kappa shape index (κ2) is 16.9. The Kier molecular flexibility index (Phi) is 16.0. The highest BCUT2D eigenvalue weighted by molar-refractivity contribution is 5.76. The van der Waals surface area contributed by atoms with E-state index in [4.69, 9.17) is 37.9 Å². The van der Waals surface area contributed by atoms with Crippen molar-refractivity contribution in [3.63, 3.8) is 0 Å². The zero-order valence-electron chi connectivity index (χ0n) is 32.1. The minimum atomic E-state index is -1.58. The molecule has 0 saturated carbocycles. The van der Waals surface area contributed by atoms with Crippen molar-refractivity contribution in [1.82, 2.24) is 5.32 Å². The molecular formula is C34H63NO12. The van der Waals surface area contributed by atoms with E-state index < -0.39 is 82.1 Å². The van der Waals surface area contributed by atoms with Gasteiger partial charge in [0.2, 0.25) is 0 Å². The fourth-order valence-corrected chi connectivity index (χ4v) is 3.88. The van der Waals surface area contributed by atoms with Crippen molar-refractivity contribution in [1.29, 1.82) is 0 Å². The molecule has 1 N–H and O–H groups in total. The number of carbonyl (C=O) groups is 4. The van der Waals surface area contributed by atoms with Crippen LogP contribution in [0.15, 0.2) is 0 Å². The average molecular weight is 678 g/mol. The second-order valence-corrected chi connectivity index (χ2v) is 16.1. The number of rotatable bonds is 16. The first kappa shape index (κ1) is 44.7. The summed E-state index contributed by atoms with van der Waals surface area (Å²) in [5.41, 5.74) is -6.21. The average Bonchev–Trinajstić information content (AvgIpc) is 2.81. The Morgan fingerprint density at radius 3 is 0.851 bits per heavy atom. The van der Waals surface area contributed by atoms with Crippen molar-refractivity contribution in [2.75, 3.05) is 13.2 Å². The second-order valence-electron chi connectivity index (χ2n) is 16.1. The maximum absolute atomic E-state index is 13.0. The van der Waals surface area contributed by atoms with Crippen molar-refractivity contribution < 1.29 is 57.1 Å². The maximum Gasteiger partial charge on any atom is 0.335 e. The van der Waals surface area contributed by atoms with Gasteiger partial charge >= 0.3 is 23.9 Å². The fourth-order valence-electron chi connectivity index (χ4n) is 3.88. The molecule has 13 nitrogen and oxygen atoms in total. The molecule has 0 spiro atoms. The number of esters is 4. The van der Waals surface area contributed by atoms with Crippen LogP contribution in [0.2, 0.25) is 0 Å². The number of nitrogens with one attached hydrogen (secondary N) is 1. The van der Waals surface area contributed by atoms with Crippen LogP contribution in [0.4, 0.5) is 0 Å². The number of carbonyl (C=O) groups excluding carboxylic acids is 4. The Balaban J connectivity index is 6.53. The smallest absolute Gasteiger partial charge is 0.335 e. The van der Waals surface area contributed by atoms with Crippen molar-refractivity contribution >= 4 is 23.9 Å². The SMILES string of the molecule is CC(OCC(C)(NC(C)(COC(C)C(=O)OC(C)(C)C)OC(C)C(=O)OC(C)(C)C)OC(C)C(=O)OC(C)(C)C)C(=O)OC(C)(C)C. The molecule has 0 aromatic rings. The van der Waals surface area contributed by atoms with Gasteiger partial charge in [0.1, 0.15) is 33.9 Å². The molecule has 0 aliphatic heterocycles. The molecule has 0 rings (SSSR count). The summed E-state index contributed by atoms with van der Waals surface area (Å²) >= 11 is 0. The van der Waals surface area contributed by atoms with E-state index >= 15 is 0 Å². The summed E-state index contributed by atoms with van der Waals surface area (Å²) in [5.74, 6) is -2.50. The topological polar surface area (TPSA) is 154 Å². The lowest BCUT2D eigenvalue weighted by atomic mass is 10.1. The lowest BCUT2D eigenvalue weighted by Gasteiger charge is -2.43. The van der Waals surface area contributed by atoms with Crippen LogP contribution in [-0.2, 0) is 57.1 Å². The van der Waals surface area contributed by atoms with Crippen LogP contribution in [0.3, 0.4) is 0 Å². The van der Waals surface area contributed by atoms with Gasteiger partial charge < -0.3 is 37.9 Å². The minimum Gasteiger partial charge on any atom is -0.458 e. The third-order valence-electron chi connectivity index (χ3n) is 5.57. The number of hydrogen-bond acceptors (Lipinski definition) is 13. The van der Waals surface area contributed by atoms with Gasteiger partial charge in [0, 0.05) is 0 Å².